The van der Waals surface area contributed by atoms with E-state index in [2.05, 4.69) is 5.32 Å². The lowest BCUT2D eigenvalue weighted by Crippen LogP contribution is -2.19. The summed E-state index contributed by atoms with van der Waals surface area (Å²) in [4.78, 5) is 12.4. The number of amides is 1. The van der Waals surface area contributed by atoms with Gasteiger partial charge in [0.1, 0.15) is 0 Å². The van der Waals surface area contributed by atoms with E-state index in [4.69, 9.17) is 11.6 Å². The van der Waals surface area contributed by atoms with Crippen LogP contribution in [0.4, 0.5) is 5.69 Å². The number of halogens is 1. The third-order valence-corrected chi connectivity index (χ3v) is 5.73. The Morgan fingerprint density at radius 1 is 1.26 bits per heavy atom. The van der Waals surface area contributed by atoms with E-state index in [1.807, 2.05) is 25.1 Å². The SMILES string of the molecule is Cc1ccc(Cl)cc1NC(=O)C1[C@H]2[C@H]3CC[C@@H](C3)[C@H]12. The second-order valence-electron chi connectivity index (χ2n) is 6.46. The Hall–Kier alpha value is -1.02. The van der Waals surface area contributed by atoms with Crippen molar-refractivity contribution in [2.75, 3.05) is 5.32 Å². The first-order valence-corrected chi connectivity index (χ1v) is 7.60. The molecule has 4 atom stereocenters. The molecule has 1 N–H and O–H groups in total. The molecule has 3 fully saturated rings. The Bertz CT molecular complexity index is 540. The van der Waals surface area contributed by atoms with Crippen molar-refractivity contribution in [2.24, 2.45) is 29.6 Å². The molecule has 19 heavy (non-hydrogen) atoms. The average molecular weight is 276 g/mol. The van der Waals surface area contributed by atoms with Gasteiger partial charge in [-0.2, -0.15) is 0 Å². The second kappa shape index (κ2) is 3.99. The monoisotopic (exact) mass is 275 g/mol. The molecule has 1 aromatic rings. The van der Waals surface area contributed by atoms with Crippen molar-refractivity contribution in [1.29, 1.82) is 0 Å². The van der Waals surface area contributed by atoms with Gasteiger partial charge in [0, 0.05) is 16.6 Å². The maximum Gasteiger partial charge on any atom is 0.228 e. The number of hydrogen-bond donors (Lipinski definition) is 1. The number of carbonyl (C=O) groups excluding carboxylic acids is 1. The van der Waals surface area contributed by atoms with Crippen molar-refractivity contribution < 1.29 is 4.79 Å². The number of benzene rings is 1. The molecule has 3 saturated carbocycles. The largest absolute Gasteiger partial charge is 0.326 e. The summed E-state index contributed by atoms with van der Waals surface area (Å²) in [6.07, 6.45) is 4.09. The Morgan fingerprint density at radius 3 is 2.63 bits per heavy atom. The molecule has 3 aliphatic carbocycles. The van der Waals surface area contributed by atoms with Crippen LogP contribution in [0.3, 0.4) is 0 Å². The predicted octanol–water partition coefficient (Wildman–Crippen LogP) is 3.88. The molecule has 4 rings (SSSR count). The third-order valence-electron chi connectivity index (χ3n) is 5.50. The van der Waals surface area contributed by atoms with Crippen molar-refractivity contribution in [3.05, 3.63) is 28.8 Å². The topological polar surface area (TPSA) is 29.1 Å². The second-order valence-corrected chi connectivity index (χ2v) is 6.90. The molecule has 0 spiro atoms. The van der Waals surface area contributed by atoms with Gasteiger partial charge in [-0.15, -0.1) is 0 Å². The summed E-state index contributed by atoms with van der Waals surface area (Å²) < 4.78 is 0. The number of nitrogens with one attached hydrogen (secondary N) is 1. The van der Waals surface area contributed by atoms with E-state index in [0.717, 1.165) is 23.1 Å². The lowest BCUT2D eigenvalue weighted by Gasteiger charge is -2.11. The van der Waals surface area contributed by atoms with E-state index in [9.17, 15) is 4.79 Å². The zero-order valence-electron chi connectivity index (χ0n) is 11.0. The Labute approximate surface area is 118 Å². The molecule has 0 heterocycles. The maximum absolute atomic E-state index is 12.4. The average Bonchev–Trinajstić information content (AvgIpc) is 2.83. The minimum absolute atomic E-state index is 0.219. The number of aryl methyl sites for hydroxylation is 1. The fraction of sp³-hybridized carbons (Fsp3) is 0.562. The van der Waals surface area contributed by atoms with Gasteiger partial charge in [0.15, 0.2) is 0 Å². The normalized spacial score (nSPS) is 38.1. The summed E-state index contributed by atoms with van der Waals surface area (Å²) in [6, 6.07) is 5.66. The zero-order chi connectivity index (χ0) is 13.1. The van der Waals surface area contributed by atoms with Crippen molar-refractivity contribution in [1.82, 2.24) is 0 Å². The smallest absolute Gasteiger partial charge is 0.228 e. The van der Waals surface area contributed by atoms with Crippen LogP contribution in [0.5, 0.6) is 0 Å². The fourth-order valence-corrected chi connectivity index (χ4v) is 4.79. The van der Waals surface area contributed by atoms with E-state index in [-0.39, 0.29) is 11.8 Å². The van der Waals surface area contributed by atoms with Crippen LogP contribution in [0.15, 0.2) is 18.2 Å². The molecule has 2 bridgehead atoms. The minimum Gasteiger partial charge on any atom is -0.326 e. The predicted molar refractivity (Wildman–Crippen MR) is 76.1 cm³/mol. The minimum atomic E-state index is 0.219. The number of anilines is 1. The Balaban J connectivity index is 1.50. The van der Waals surface area contributed by atoms with Crippen LogP contribution in [0, 0.1) is 36.5 Å². The van der Waals surface area contributed by atoms with Gasteiger partial charge in [0.25, 0.3) is 0 Å². The highest BCUT2D eigenvalue weighted by Crippen LogP contribution is 2.69. The summed E-state index contributed by atoms with van der Waals surface area (Å²) in [7, 11) is 0. The Morgan fingerprint density at radius 2 is 1.95 bits per heavy atom. The number of fused-ring (bicyclic) bond motifs is 5. The summed E-state index contributed by atoms with van der Waals surface area (Å²) in [5, 5.41) is 3.76. The molecule has 3 heteroatoms. The molecule has 1 amide bonds. The van der Waals surface area contributed by atoms with Crippen molar-refractivity contribution in [3.8, 4) is 0 Å². The van der Waals surface area contributed by atoms with E-state index >= 15 is 0 Å². The summed E-state index contributed by atoms with van der Waals surface area (Å²) in [6.45, 7) is 2.00. The van der Waals surface area contributed by atoms with Gasteiger partial charge in [-0.05, 0) is 67.6 Å². The van der Waals surface area contributed by atoms with Crippen LogP contribution in [-0.4, -0.2) is 5.91 Å². The standard InChI is InChI=1S/C16H18ClNO/c1-8-2-5-11(17)7-12(8)18-16(19)15-13-9-3-4-10(6-9)14(13)15/h2,5,7,9-10,13-15H,3-4,6H2,1H3,(H,18,19)/t9-,10-,13-,14-/m0/s1. The fourth-order valence-electron chi connectivity index (χ4n) is 4.62. The van der Waals surface area contributed by atoms with Crippen molar-refractivity contribution >= 4 is 23.2 Å². The van der Waals surface area contributed by atoms with Gasteiger partial charge in [-0.3, -0.25) is 4.79 Å². The van der Waals surface area contributed by atoms with Crippen LogP contribution < -0.4 is 5.32 Å². The van der Waals surface area contributed by atoms with Gasteiger partial charge in [-0.25, -0.2) is 0 Å². The molecule has 0 aromatic heterocycles. The number of rotatable bonds is 2. The highest BCUT2D eigenvalue weighted by molar-refractivity contribution is 6.31. The molecule has 0 unspecified atom stereocenters. The van der Waals surface area contributed by atoms with Crippen LogP contribution in [0.2, 0.25) is 5.02 Å². The van der Waals surface area contributed by atoms with Gasteiger partial charge in [-0.1, -0.05) is 17.7 Å². The molecule has 2 nitrogen and oxygen atoms in total. The summed E-state index contributed by atoms with van der Waals surface area (Å²) >= 11 is 6.00. The first kappa shape index (κ1) is 11.8. The first-order valence-electron chi connectivity index (χ1n) is 7.22. The third kappa shape index (κ3) is 1.73. The van der Waals surface area contributed by atoms with Gasteiger partial charge < -0.3 is 5.32 Å². The molecule has 0 aliphatic heterocycles. The van der Waals surface area contributed by atoms with Gasteiger partial charge >= 0.3 is 0 Å². The van der Waals surface area contributed by atoms with Crippen LogP contribution >= 0.6 is 11.6 Å². The molecular formula is C16H18ClNO. The highest BCUT2D eigenvalue weighted by Gasteiger charge is 2.67. The quantitative estimate of drug-likeness (QED) is 0.872. The molecule has 1 aromatic carbocycles. The first-order chi connectivity index (χ1) is 9.15. The maximum atomic E-state index is 12.4. The lowest BCUT2D eigenvalue weighted by atomic mass is 10.0. The van der Waals surface area contributed by atoms with Crippen LogP contribution in [0.1, 0.15) is 24.8 Å². The van der Waals surface area contributed by atoms with E-state index in [1.54, 1.807) is 0 Å². The van der Waals surface area contributed by atoms with Crippen molar-refractivity contribution in [2.45, 2.75) is 26.2 Å². The van der Waals surface area contributed by atoms with Crippen molar-refractivity contribution in [3.63, 3.8) is 0 Å². The van der Waals surface area contributed by atoms with Crippen LogP contribution in [-0.2, 0) is 4.79 Å². The van der Waals surface area contributed by atoms with E-state index in [0.29, 0.717) is 16.9 Å². The Kier molecular flexibility index (Phi) is 2.47. The molecule has 3 aliphatic rings. The summed E-state index contributed by atoms with van der Waals surface area (Å²) in [5.41, 5.74) is 1.95. The molecular weight excluding hydrogens is 258 g/mol. The van der Waals surface area contributed by atoms with E-state index in [1.165, 1.54) is 19.3 Å². The lowest BCUT2D eigenvalue weighted by molar-refractivity contribution is -0.118. The molecule has 0 radical (unpaired) electrons. The van der Waals surface area contributed by atoms with Gasteiger partial charge in [0.05, 0.1) is 0 Å². The van der Waals surface area contributed by atoms with Gasteiger partial charge in [0.2, 0.25) is 5.91 Å². The zero-order valence-corrected chi connectivity index (χ0v) is 11.8. The van der Waals surface area contributed by atoms with Crippen LogP contribution in [0.25, 0.3) is 0 Å². The summed E-state index contributed by atoms with van der Waals surface area (Å²) in [5.74, 6) is 3.57. The molecule has 100 valence electrons. The molecule has 0 saturated heterocycles. The number of hydrogen-bond acceptors (Lipinski definition) is 1. The van der Waals surface area contributed by atoms with E-state index < -0.39 is 0 Å². The highest BCUT2D eigenvalue weighted by atomic mass is 35.5. The number of carbonyl (C=O) groups is 1.